The van der Waals surface area contributed by atoms with Gasteiger partial charge in [0.2, 0.25) is 11.8 Å². The number of rotatable bonds is 15. The molecule has 0 radical (unpaired) electrons. The zero-order valence-electron chi connectivity index (χ0n) is 27.1. The van der Waals surface area contributed by atoms with Crippen LogP contribution in [0.4, 0.5) is 0 Å². The number of esters is 1. The molecule has 0 saturated heterocycles. The van der Waals surface area contributed by atoms with E-state index in [0.29, 0.717) is 24.3 Å². The Morgan fingerprint density at radius 2 is 1.40 bits per heavy atom. The van der Waals surface area contributed by atoms with Crippen molar-refractivity contribution in [2.75, 3.05) is 6.54 Å². The minimum absolute atomic E-state index is 0.179. The number of carbonyl (C=O) groups is 4. The van der Waals surface area contributed by atoms with Crippen LogP contribution in [0.25, 0.3) is 10.8 Å². The third-order valence-electron chi connectivity index (χ3n) is 7.73. The topological polar surface area (TPSA) is 176 Å². The molecule has 0 aromatic heterocycles. The molecule has 48 heavy (non-hydrogen) atoms. The first-order valence-electron chi connectivity index (χ1n) is 15.9. The zero-order valence-corrected chi connectivity index (χ0v) is 27.1. The summed E-state index contributed by atoms with van der Waals surface area (Å²) in [5.41, 5.74) is 6.63. The highest BCUT2D eigenvalue weighted by atomic mass is 16.5. The van der Waals surface area contributed by atoms with E-state index in [1.165, 1.54) is 0 Å². The normalized spacial score (nSPS) is 12.7. The van der Waals surface area contributed by atoms with Crippen molar-refractivity contribution in [1.29, 1.82) is 5.41 Å². The van der Waals surface area contributed by atoms with Crippen LogP contribution in [0, 0.1) is 11.3 Å². The second-order valence-electron chi connectivity index (χ2n) is 11.8. The second-order valence-corrected chi connectivity index (χ2v) is 11.8. The quantitative estimate of drug-likeness (QED) is 0.0374. The Hall–Kier alpha value is -5.71. The lowest BCUT2D eigenvalue weighted by atomic mass is 10.00. The lowest BCUT2D eigenvalue weighted by Gasteiger charge is -2.27. The van der Waals surface area contributed by atoms with Gasteiger partial charge in [-0.05, 0) is 47.9 Å². The van der Waals surface area contributed by atoms with E-state index < -0.39 is 41.8 Å². The molecule has 0 aliphatic carbocycles. The zero-order chi connectivity index (χ0) is 34.5. The van der Waals surface area contributed by atoms with Crippen molar-refractivity contribution >= 4 is 40.4 Å². The van der Waals surface area contributed by atoms with Crippen LogP contribution in [0.1, 0.15) is 42.6 Å². The summed E-state index contributed by atoms with van der Waals surface area (Å²) >= 11 is 0. The largest absolute Gasteiger partial charge is 0.424 e. The predicted octanol–water partition coefficient (Wildman–Crippen LogP) is 3.68. The number of amides is 3. The first-order valence-corrected chi connectivity index (χ1v) is 15.9. The van der Waals surface area contributed by atoms with Crippen molar-refractivity contribution in [1.82, 2.24) is 21.3 Å². The minimum Gasteiger partial charge on any atom is -0.424 e. The fraction of sp³-hybridized carbons (Fsp3) is 0.270. The smallest absolute Gasteiger partial charge is 0.334 e. The maximum atomic E-state index is 13.8. The van der Waals surface area contributed by atoms with Crippen molar-refractivity contribution in [2.45, 2.75) is 51.2 Å². The van der Waals surface area contributed by atoms with Gasteiger partial charge in [0.05, 0.1) is 0 Å². The number of hydrogen-bond donors (Lipinski definition) is 6. The average Bonchev–Trinajstić information content (AvgIpc) is 3.08. The molecule has 4 aromatic carbocycles. The van der Waals surface area contributed by atoms with Crippen LogP contribution in [0.2, 0.25) is 0 Å². The highest BCUT2D eigenvalue weighted by molar-refractivity contribution is 5.99. The molecule has 11 nitrogen and oxygen atoms in total. The molecule has 0 spiro atoms. The summed E-state index contributed by atoms with van der Waals surface area (Å²) in [6.07, 6.45) is 0.761. The Bertz CT molecular complexity index is 1710. The van der Waals surface area contributed by atoms with Crippen LogP contribution in [0.5, 0.6) is 5.75 Å². The number of carbonyl (C=O) groups excluding carboxylic acids is 4. The van der Waals surface area contributed by atoms with Gasteiger partial charge in [0, 0.05) is 23.9 Å². The molecule has 0 bridgehead atoms. The molecule has 3 atom stereocenters. The molecule has 0 aliphatic rings. The van der Waals surface area contributed by atoms with E-state index in [9.17, 15) is 19.2 Å². The molecule has 0 aliphatic heterocycles. The summed E-state index contributed by atoms with van der Waals surface area (Å²) in [5, 5.41) is 20.2. The molecule has 7 N–H and O–H groups in total. The lowest BCUT2D eigenvalue weighted by molar-refractivity contribution is -0.140. The number of nitrogens with two attached hydrogens (primary N) is 1. The molecule has 3 amide bonds. The summed E-state index contributed by atoms with van der Waals surface area (Å²) < 4.78 is 5.80. The highest BCUT2D eigenvalue weighted by Crippen LogP contribution is 2.25. The minimum atomic E-state index is -1.07. The van der Waals surface area contributed by atoms with E-state index in [4.69, 9.17) is 15.9 Å². The standard InChI is InChI=1S/C37H42N6O5/c1-24(2)32(43-34(45)30(23-25-13-5-3-6-14-25)42-33(44)27-16-7-4-8-17-27)35(46)41-29(20-12-22-40-37(38)39)36(47)48-31-21-11-18-26-15-9-10-19-28(26)31/h3-11,13-19,21,24,29-30,32H,12,20,22-23H2,1-2H3,(H,41,46)(H,42,44)(H,43,45)(H4,38,39,40)/t29-,30-,32-/m0/s1. The van der Waals surface area contributed by atoms with Gasteiger partial charge in [-0.3, -0.25) is 19.8 Å². The van der Waals surface area contributed by atoms with Crippen LogP contribution in [0.15, 0.2) is 103 Å². The van der Waals surface area contributed by atoms with Crippen LogP contribution < -0.4 is 31.7 Å². The van der Waals surface area contributed by atoms with Gasteiger partial charge >= 0.3 is 5.97 Å². The van der Waals surface area contributed by atoms with E-state index in [1.54, 1.807) is 56.3 Å². The highest BCUT2D eigenvalue weighted by Gasteiger charge is 2.32. The molecule has 0 saturated carbocycles. The van der Waals surface area contributed by atoms with Crippen LogP contribution >= 0.6 is 0 Å². The molecule has 250 valence electrons. The Morgan fingerprint density at radius 1 is 0.750 bits per heavy atom. The Labute approximate surface area is 280 Å². The molecule has 4 aromatic rings. The van der Waals surface area contributed by atoms with Gasteiger partial charge < -0.3 is 31.7 Å². The monoisotopic (exact) mass is 650 g/mol. The maximum absolute atomic E-state index is 13.8. The van der Waals surface area contributed by atoms with Gasteiger partial charge in [0.1, 0.15) is 23.9 Å². The third kappa shape index (κ3) is 10.1. The molecule has 11 heteroatoms. The van der Waals surface area contributed by atoms with Crippen LogP contribution in [0.3, 0.4) is 0 Å². The van der Waals surface area contributed by atoms with Gasteiger partial charge in [-0.25, -0.2) is 4.79 Å². The van der Waals surface area contributed by atoms with Crippen molar-refractivity contribution in [3.63, 3.8) is 0 Å². The van der Waals surface area contributed by atoms with Gasteiger partial charge in [0.25, 0.3) is 5.91 Å². The van der Waals surface area contributed by atoms with Crippen molar-refractivity contribution < 1.29 is 23.9 Å². The molecular weight excluding hydrogens is 608 g/mol. The fourth-order valence-corrected chi connectivity index (χ4v) is 5.18. The number of benzene rings is 4. The van der Waals surface area contributed by atoms with E-state index >= 15 is 0 Å². The number of ether oxygens (including phenoxy) is 1. The number of guanidine groups is 1. The molecule has 4 rings (SSSR count). The summed E-state index contributed by atoms with van der Waals surface area (Å²) in [6.45, 7) is 3.86. The molecule has 0 fully saturated rings. The van der Waals surface area contributed by atoms with Gasteiger partial charge in [-0.1, -0.05) is 98.8 Å². The SMILES string of the molecule is CC(C)[C@H](NC(=O)[C@H](Cc1ccccc1)NC(=O)c1ccccc1)C(=O)N[C@@H](CCCNC(=N)N)C(=O)Oc1cccc2ccccc12. The number of nitrogens with one attached hydrogen (secondary N) is 5. The summed E-state index contributed by atoms with van der Waals surface area (Å²) in [5.74, 6) is -2.44. The van der Waals surface area contributed by atoms with E-state index in [2.05, 4.69) is 21.3 Å². The van der Waals surface area contributed by atoms with Crippen molar-refractivity contribution in [3.8, 4) is 5.75 Å². The first kappa shape index (κ1) is 35.1. The summed E-state index contributed by atoms with van der Waals surface area (Å²) in [7, 11) is 0. The van der Waals surface area contributed by atoms with E-state index in [0.717, 1.165) is 16.3 Å². The molecular formula is C37H42N6O5. The Balaban J connectivity index is 1.51. The van der Waals surface area contributed by atoms with Crippen LogP contribution in [-0.4, -0.2) is 54.3 Å². The van der Waals surface area contributed by atoms with E-state index in [1.807, 2.05) is 60.7 Å². The molecule has 0 heterocycles. The van der Waals surface area contributed by atoms with Crippen LogP contribution in [-0.2, 0) is 20.8 Å². The first-order chi connectivity index (χ1) is 23.1. The lowest BCUT2D eigenvalue weighted by Crippen LogP contribution is -2.58. The van der Waals surface area contributed by atoms with Crippen molar-refractivity contribution in [2.24, 2.45) is 11.7 Å². The fourth-order valence-electron chi connectivity index (χ4n) is 5.18. The van der Waals surface area contributed by atoms with Crippen molar-refractivity contribution in [3.05, 3.63) is 114 Å². The number of hydrogen-bond acceptors (Lipinski definition) is 6. The predicted molar refractivity (Wildman–Crippen MR) is 185 cm³/mol. The van der Waals surface area contributed by atoms with Gasteiger partial charge in [-0.15, -0.1) is 0 Å². The maximum Gasteiger partial charge on any atom is 0.334 e. The van der Waals surface area contributed by atoms with E-state index in [-0.39, 0.29) is 24.7 Å². The van der Waals surface area contributed by atoms with Gasteiger partial charge in [-0.2, -0.15) is 0 Å². The third-order valence-corrected chi connectivity index (χ3v) is 7.73. The Kier molecular flexibility index (Phi) is 12.6. The second kappa shape index (κ2) is 17.3. The van der Waals surface area contributed by atoms with Gasteiger partial charge in [0.15, 0.2) is 5.96 Å². The summed E-state index contributed by atoms with van der Waals surface area (Å²) in [6, 6.07) is 27.6. The summed E-state index contributed by atoms with van der Waals surface area (Å²) in [4.78, 5) is 54.1. The molecule has 0 unspecified atom stereocenters. The number of fused-ring (bicyclic) bond motifs is 1. The Morgan fingerprint density at radius 3 is 2.08 bits per heavy atom. The average molecular weight is 651 g/mol.